The number of aromatic carboxylic acids is 1. The number of benzene rings is 3. The average molecular weight is 399 g/mol. The maximum atomic E-state index is 13.9. The average Bonchev–Trinajstić information content (AvgIpc) is 2.62. The van der Waals surface area contributed by atoms with Gasteiger partial charge in [0, 0.05) is 11.3 Å². The Labute approximate surface area is 162 Å². The van der Waals surface area contributed by atoms with Crippen molar-refractivity contribution in [3.8, 4) is 11.1 Å². The maximum Gasteiger partial charge on any atom is 0.335 e. The molecule has 0 unspecified atom stereocenters. The molecule has 28 heavy (non-hydrogen) atoms. The van der Waals surface area contributed by atoms with Crippen LogP contribution in [0.5, 0.6) is 0 Å². The zero-order chi connectivity index (χ0) is 20.3. The minimum atomic E-state index is -3.69. The number of hydrogen-bond donors (Lipinski definition) is 2. The Bertz CT molecular complexity index is 1130. The van der Waals surface area contributed by atoms with Crippen LogP contribution in [0.3, 0.4) is 0 Å². The normalized spacial score (nSPS) is 11.2. The number of aryl methyl sites for hydroxylation is 1. The highest BCUT2D eigenvalue weighted by molar-refractivity contribution is 7.91. The van der Waals surface area contributed by atoms with Gasteiger partial charge in [-0.05, 0) is 47.9 Å². The minimum Gasteiger partial charge on any atom is -0.478 e. The number of halogens is 1. The number of rotatable bonds is 6. The van der Waals surface area contributed by atoms with E-state index in [-0.39, 0.29) is 17.1 Å². The molecule has 0 aliphatic carbocycles. The number of carboxylic acid groups (broad SMARTS) is 1. The molecular formula is C21H18FNO4S. The summed E-state index contributed by atoms with van der Waals surface area (Å²) in [5.41, 5.74) is 2.55. The van der Waals surface area contributed by atoms with Crippen LogP contribution in [0.2, 0.25) is 0 Å². The molecule has 144 valence electrons. The van der Waals surface area contributed by atoms with Gasteiger partial charge in [-0.15, -0.1) is 0 Å². The van der Waals surface area contributed by atoms with Crippen LogP contribution in [0.4, 0.5) is 10.1 Å². The first-order valence-corrected chi connectivity index (χ1v) is 10.1. The summed E-state index contributed by atoms with van der Waals surface area (Å²) < 4.78 is 41.2. The number of anilines is 1. The van der Waals surface area contributed by atoms with Crippen LogP contribution in [-0.4, -0.2) is 19.5 Å². The molecule has 0 amide bonds. The van der Waals surface area contributed by atoms with Crippen molar-refractivity contribution in [1.29, 1.82) is 0 Å². The molecule has 0 bridgehead atoms. The van der Waals surface area contributed by atoms with Gasteiger partial charge < -0.3 is 5.11 Å². The van der Waals surface area contributed by atoms with Crippen LogP contribution in [0.25, 0.3) is 11.1 Å². The van der Waals surface area contributed by atoms with Gasteiger partial charge in [0.1, 0.15) is 5.82 Å². The highest BCUT2D eigenvalue weighted by Crippen LogP contribution is 2.24. The number of hydrogen-bond acceptors (Lipinski definition) is 3. The molecule has 3 rings (SSSR count). The van der Waals surface area contributed by atoms with Crippen molar-refractivity contribution in [2.24, 2.45) is 0 Å². The molecular weight excluding hydrogens is 381 g/mol. The molecule has 0 saturated heterocycles. The fourth-order valence-electron chi connectivity index (χ4n) is 2.90. The van der Waals surface area contributed by atoms with Gasteiger partial charge in [0.2, 0.25) is 10.0 Å². The fraction of sp³-hybridized carbons (Fsp3) is 0.0952. The van der Waals surface area contributed by atoms with Gasteiger partial charge in [-0.25, -0.2) is 17.6 Å². The van der Waals surface area contributed by atoms with E-state index in [0.29, 0.717) is 27.9 Å². The lowest BCUT2D eigenvalue weighted by atomic mass is 10.1. The van der Waals surface area contributed by atoms with Crippen LogP contribution in [0, 0.1) is 12.7 Å². The number of nitrogens with one attached hydrogen (secondary N) is 1. The summed E-state index contributed by atoms with van der Waals surface area (Å²) in [5.74, 6) is -1.70. The zero-order valence-electron chi connectivity index (χ0n) is 15.0. The Morgan fingerprint density at radius 2 is 1.71 bits per heavy atom. The van der Waals surface area contributed by atoms with E-state index >= 15 is 0 Å². The smallest absolute Gasteiger partial charge is 0.335 e. The van der Waals surface area contributed by atoms with Crippen LogP contribution >= 0.6 is 0 Å². The molecule has 2 N–H and O–H groups in total. The number of sulfonamides is 1. The molecule has 0 radical (unpaired) electrons. The van der Waals surface area contributed by atoms with Gasteiger partial charge in [0.15, 0.2) is 0 Å². The third-order valence-electron chi connectivity index (χ3n) is 4.22. The highest BCUT2D eigenvalue weighted by Gasteiger charge is 2.14. The summed E-state index contributed by atoms with van der Waals surface area (Å²) in [6, 6.07) is 17.2. The summed E-state index contributed by atoms with van der Waals surface area (Å²) >= 11 is 0. The van der Waals surface area contributed by atoms with E-state index in [0.717, 1.165) is 0 Å². The lowest BCUT2D eigenvalue weighted by Gasteiger charge is -2.10. The largest absolute Gasteiger partial charge is 0.478 e. The number of carboxylic acids is 1. The fourth-order valence-corrected chi connectivity index (χ4v) is 4.09. The summed E-state index contributed by atoms with van der Waals surface area (Å²) in [7, 11) is -3.69. The van der Waals surface area contributed by atoms with E-state index in [1.807, 2.05) is 0 Å². The molecule has 7 heteroatoms. The lowest BCUT2D eigenvalue weighted by Crippen LogP contribution is -2.15. The summed E-state index contributed by atoms with van der Waals surface area (Å²) in [6.45, 7) is 1.62. The van der Waals surface area contributed by atoms with Crippen molar-refractivity contribution in [3.05, 3.63) is 89.2 Å². The van der Waals surface area contributed by atoms with Crippen molar-refractivity contribution >= 4 is 21.7 Å². The van der Waals surface area contributed by atoms with E-state index in [4.69, 9.17) is 5.11 Å². The quantitative estimate of drug-likeness (QED) is 0.642. The number of carbonyl (C=O) groups is 1. The zero-order valence-corrected chi connectivity index (χ0v) is 15.8. The second-order valence-corrected chi connectivity index (χ2v) is 8.10. The van der Waals surface area contributed by atoms with Crippen molar-refractivity contribution in [1.82, 2.24) is 0 Å². The van der Waals surface area contributed by atoms with Crippen molar-refractivity contribution in [3.63, 3.8) is 0 Å². The van der Waals surface area contributed by atoms with E-state index in [2.05, 4.69) is 4.72 Å². The molecule has 0 aromatic heterocycles. The molecule has 0 spiro atoms. The van der Waals surface area contributed by atoms with Gasteiger partial charge in [-0.1, -0.05) is 42.5 Å². The van der Waals surface area contributed by atoms with E-state index in [1.54, 1.807) is 55.5 Å². The first-order chi connectivity index (χ1) is 13.2. The summed E-state index contributed by atoms with van der Waals surface area (Å²) in [6.07, 6.45) is 0. The Balaban J connectivity index is 1.75. The molecule has 0 aliphatic rings. The van der Waals surface area contributed by atoms with Crippen LogP contribution in [-0.2, 0) is 15.8 Å². The Morgan fingerprint density at radius 3 is 2.32 bits per heavy atom. The molecule has 0 saturated carbocycles. The molecule has 3 aromatic rings. The molecule has 3 aromatic carbocycles. The minimum absolute atomic E-state index is 0.137. The SMILES string of the molecule is Cc1cc(CS(=O)(=O)Nc2ccc(-c3ccccc3F)cc2)ccc1C(=O)O. The highest BCUT2D eigenvalue weighted by atomic mass is 32.2. The standard InChI is InChI=1S/C21H18FNO4S/c1-14-12-15(6-11-18(14)21(24)25)13-28(26,27)23-17-9-7-16(8-10-17)19-4-2-3-5-20(19)22/h2-12,23H,13H2,1H3,(H,24,25). The van der Waals surface area contributed by atoms with E-state index in [1.165, 1.54) is 18.2 Å². The van der Waals surface area contributed by atoms with Gasteiger partial charge in [0.25, 0.3) is 0 Å². The van der Waals surface area contributed by atoms with Crippen molar-refractivity contribution in [2.75, 3.05) is 4.72 Å². The van der Waals surface area contributed by atoms with Crippen LogP contribution in [0.1, 0.15) is 21.5 Å². The molecule has 0 aliphatic heterocycles. The Kier molecular flexibility index (Phi) is 5.46. The van der Waals surface area contributed by atoms with Crippen LogP contribution in [0.15, 0.2) is 66.7 Å². The maximum absolute atomic E-state index is 13.9. The molecule has 0 heterocycles. The Morgan fingerprint density at radius 1 is 1.04 bits per heavy atom. The monoisotopic (exact) mass is 399 g/mol. The topological polar surface area (TPSA) is 83.5 Å². The van der Waals surface area contributed by atoms with Gasteiger partial charge in [-0.2, -0.15) is 0 Å². The molecule has 5 nitrogen and oxygen atoms in total. The Hall–Kier alpha value is -3.19. The molecule has 0 fully saturated rings. The van der Waals surface area contributed by atoms with Crippen LogP contribution < -0.4 is 4.72 Å². The third-order valence-corrected chi connectivity index (χ3v) is 5.48. The van der Waals surface area contributed by atoms with Crippen molar-refractivity contribution < 1.29 is 22.7 Å². The third kappa shape index (κ3) is 4.55. The van der Waals surface area contributed by atoms with Crippen molar-refractivity contribution in [2.45, 2.75) is 12.7 Å². The van der Waals surface area contributed by atoms with E-state index < -0.39 is 16.0 Å². The van der Waals surface area contributed by atoms with Gasteiger partial charge >= 0.3 is 5.97 Å². The molecule has 0 atom stereocenters. The summed E-state index contributed by atoms with van der Waals surface area (Å²) in [5, 5.41) is 9.05. The van der Waals surface area contributed by atoms with E-state index in [9.17, 15) is 17.6 Å². The second-order valence-electron chi connectivity index (χ2n) is 6.37. The predicted octanol–water partition coefficient (Wildman–Crippen LogP) is 4.44. The first kappa shape index (κ1) is 19.6. The lowest BCUT2D eigenvalue weighted by molar-refractivity contribution is 0.0696. The van der Waals surface area contributed by atoms with Gasteiger partial charge in [-0.3, -0.25) is 4.72 Å². The second kappa shape index (κ2) is 7.82. The first-order valence-electron chi connectivity index (χ1n) is 8.43. The summed E-state index contributed by atoms with van der Waals surface area (Å²) in [4.78, 5) is 11.1. The predicted molar refractivity (Wildman–Crippen MR) is 106 cm³/mol. The van der Waals surface area contributed by atoms with Gasteiger partial charge in [0.05, 0.1) is 11.3 Å².